The molecular weight excluding hydrogens is 255 g/mol. The van der Waals surface area contributed by atoms with Gasteiger partial charge in [0.05, 0.1) is 11.0 Å². The number of piperidine rings is 1. The fourth-order valence-corrected chi connectivity index (χ4v) is 2.81. The summed E-state index contributed by atoms with van der Waals surface area (Å²) in [4.78, 5) is 10.0. The summed E-state index contributed by atoms with van der Waals surface area (Å²) in [6.07, 6.45) is 2.46. The number of likely N-dealkylation sites (tertiary alicyclic amines) is 1. The van der Waals surface area contributed by atoms with Crippen LogP contribution in [0.3, 0.4) is 0 Å². The minimum Gasteiger partial charge on any atom is -0.356 e. The smallest absolute Gasteiger partial charge is 0.201 e. The molecule has 0 bridgehead atoms. The van der Waals surface area contributed by atoms with Gasteiger partial charge in [0.1, 0.15) is 5.82 Å². The second-order valence-electron chi connectivity index (χ2n) is 5.51. The molecule has 0 amide bonds. The Morgan fingerprint density at radius 3 is 2.95 bits per heavy atom. The zero-order chi connectivity index (χ0) is 13.9. The van der Waals surface area contributed by atoms with Crippen molar-refractivity contribution in [1.29, 1.82) is 0 Å². The van der Waals surface area contributed by atoms with E-state index in [-0.39, 0.29) is 5.82 Å². The van der Waals surface area contributed by atoms with E-state index in [1.807, 2.05) is 0 Å². The third-order valence-electron chi connectivity index (χ3n) is 4.16. The number of hydrogen-bond acceptors (Lipinski definition) is 3. The lowest BCUT2D eigenvalue weighted by atomic mass is 9.97. The Labute approximate surface area is 118 Å². The zero-order valence-corrected chi connectivity index (χ0v) is 11.8. The molecule has 1 aromatic heterocycles. The predicted octanol–water partition coefficient (Wildman–Crippen LogP) is 2.85. The van der Waals surface area contributed by atoms with Gasteiger partial charge < -0.3 is 15.2 Å². The van der Waals surface area contributed by atoms with Crippen LogP contribution in [0.1, 0.15) is 19.8 Å². The monoisotopic (exact) mass is 276 g/mol. The number of nitrogens with zero attached hydrogens (tertiary/aromatic N) is 2. The Morgan fingerprint density at radius 2 is 2.20 bits per heavy atom. The van der Waals surface area contributed by atoms with Gasteiger partial charge in [-0.3, -0.25) is 0 Å². The van der Waals surface area contributed by atoms with Gasteiger partial charge in [-0.15, -0.1) is 0 Å². The van der Waals surface area contributed by atoms with E-state index >= 15 is 0 Å². The van der Waals surface area contributed by atoms with E-state index in [1.165, 1.54) is 38.1 Å². The molecule has 1 aliphatic rings. The van der Waals surface area contributed by atoms with Crippen molar-refractivity contribution in [3.63, 3.8) is 0 Å². The fourth-order valence-electron chi connectivity index (χ4n) is 2.81. The van der Waals surface area contributed by atoms with Crippen LogP contribution in [0.4, 0.5) is 10.3 Å². The van der Waals surface area contributed by atoms with Gasteiger partial charge in [0.25, 0.3) is 0 Å². The quantitative estimate of drug-likeness (QED) is 0.902. The summed E-state index contributed by atoms with van der Waals surface area (Å²) >= 11 is 0. The molecular formula is C15H21FN4. The average molecular weight is 276 g/mol. The van der Waals surface area contributed by atoms with E-state index in [4.69, 9.17) is 0 Å². The van der Waals surface area contributed by atoms with Gasteiger partial charge >= 0.3 is 0 Å². The first-order valence-electron chi connectivity index (χ1n) is 7.36. The maximum atomic E-state index is 13.1. The van der Waals surface area contributed by atoms with Crippen molar-refractivity contribution in [2.24, 2.45) is 5.92 Å². The lowest BCUT2D eigenvalue weighted by Gasteiger charge is -2.30. The molecule has 1 saturated heterocycles. The van der Waals surface area contributed by atoms with Crippen molar-refractivity contribution in [2.45, 2.75) is 19.8 Å². The molecule has 2 N–H and O–H groups in total. The summed E-state index contributed by atoms with van der Waals surface area (Å²) < 4.78 is 13.1. The number of anilines is 1. The lowest BCUT2D eigenvalue weighted by molar-refractivity contribution is 0.198. The molecule has 2 heterocycles. The van der Waals surface area contributed by atoms with E-state index in [0.717, 1.165) is 30.1 Å². The first kappa shape index (κ1) is 13.4. The minimum atomic E-state index is -0.236. The second-order valence-corrected chi connectivity index (χ2v) is 5.51. The van der Waals surface area contributed by atoms with E-state index < -0.39 is 0 Å². The number of rotatable bonds is 4. The maximum Gasteiger partial charge on any atom is 0.201 e. The molecule has 5 heteroatoms. The predicted molar refractivity (Wildman–Crippen MR) is 79.4 cm³/mol. The summed E-state index contributed by atoms with van der Waals surface area (Å²) in [5.74, 6) is 1.20. The van der Waals surface area contributed by atoms with Crippen LogP contribution in [0.25, 0.3) is 11.0 Å². The van der Waals surface area contributed by atoms with Crippen molar-refractivity contribution in [3.05, 3.63) is 24.0 Å². The topological polar surface area (TPSA) is 44.0 Å². The van der Waals surface area contributed by atoms with Gasteiger partial charge in [-0.05, 0) is 56.6 Å². The molecule has 0 aliphatic carbocycles. The van der Waals surface area contributed by atoms with Gasteiger partial charge in [-0.1, -0.05) is 6.92 Å². The minimum absolute atomic E-state index is 0.236. The Bertz CT molecular complexity index is 572. The number of hydrogen-bond donors (Lipinski definition) is 2. The highest BCUT2D eigenvalue weighted by Crippen LogP contribution is 2.19. The van der Waals surface area contributed by atoms with E-state index in [1.54, 1.807) is 6.07 Å². The van der Waals surface area contributed by atoms with Gasteiger partial charge in [-0.2, -0.15) is 0 Å². The summed E-state index contributed by atoms with van der Waals surface area (Å²) in [7, 11) is 0. The van der Waals surface area contributed by atoms with Gasteiger partial charge in [-0.25, -0.2) is 9.37 Å². The van der Waals surface area contributed by atoms with Gasteiger partial charge in [0, 0.05) is 6.54 Å². The van der Waals surface area contributed by atoms with E-state index in [2.05, 4.69) is 27.1 Å². The molecule has 1 aliphatic heterocycles. The van der Waals surface area contributed by atoms with Crippen LogP contribution >= 0.6 is 0 Å². The number of imidazole rings is 1. The number of fused-ring (bicyclic) bond motifs is 1. The number of H-pyrrole nitrogens is 1. The molecule has 0 radical (unpaired) electrons. The van der Waals surface area contributed by atoms with E-state index in [0.29, 0.717) is 5.92 Å². The molecule has 4 nitrogen and oxygen atoms in total. The van der Waals surface area contributed by atoms with Crippen LogP contribution in [0.2, 0.25) is 0 Å². The average Bonchev–Trinajstić information content (AvgIpc) is 2.87. The summed E-state index contributed by atoms with van der Waals surface area (Å²) in [6, 6.07) is 4.62. The lowest BCUT2D eigenvalue weighted by Crippen LogP contribution is -2.35. The van der Waals surface area contributed by atoms with Crippen LogP contribution in [0.5, 0.6) is 0 Å². The highest BCUT2D eigenvalue weighted by molar-refractivity contribution is 5.77. The largest absolute Gasteiger partial charge is 0.356 e. The van der Waals surface area contributed by atoms with Crippen LogP contribution in [0.15, 0.2) is 18.2 Å². The normalized spacial score (nSPS) is 17.7. The molecule has 1 aromatic carbocycles. The zero-order valence-electron chi connectivity index (χ0n) is 11.8. The Hall–Kier alpha value is -1.62. The number of nitrogens with one attached hydrogen (secondary N) is 2. The molecule has 20 heavy (non-hydrogen) atoms. The first-order valence-corrected chi connectivity index (χ1v) is 7.36. The summed E-state index contributed by atoms with van der Waals surface area (Å²) in [6.45, 7) is 6.67. The molecule has 1 fully saturated rings. The van der Waals surface area contributed by atoms with Gasteiger partial charge in [0.15, 0.2) is 0 Å². The maximum absolute atomic E-state index is 13.1. The van der Waals surface area contributed by atoms with Crippen LogP contribution in [0, 0.1) is 11.7 Å². The van der Waals surface area contributed by atoms with Crippen molar-refractivity contribution >= 4 is 17.0 Å². The number of halogens is 1. The SMILES string of the molecule is CCN1CCC(CNc2nc3ccc(F)cc3[nH]2)CC1. The standard InChI is InChI=1S/C15H21FN4/c1-2-20-7-5-11(6-8-20)10-17-15-18-13-4-3-12(16)9-14(13)19-15/h3-4,9,11H,2,5-8,10H2,1H3,(H2,17,18,19). The molecule has 108 valence electrons. The number of aromatic amines is 1. The Morgan fingerprint density at radius 1 is 1.40 bits per heavy atom. The summed E-state index contributed by atoms with van der Waals surface area (Å²) in [5.41, 5.74) is 1.54. The van der Waals surface area contributed by atoms with Crippen molar-refractivity contribution in [2.75, 3.05) is 31.5 Å². The Kier molecular flexibility index (Phi) is 3.87. The van der Waals surface area contributed by atoms with Crippen LogP contribution < -0.4 is 5.32 Å². The molecule has 0 unspecified atom stereocenters. The van der Waals surface area contributed by atoms with E-state index in [9.17, 15) is 4.39 Å². The fraction of sp³-hybridized carbons (Fsp3) is 0.533. The van der Waals surface area contributed by atoms with Gasteiger partial charge in [0.2, 0.25) is 5.95 Å². The van der Waals surface area contributed by atoms with Crippen molar-refractivity contribution in [1.82, 2.24) is 14.9 Å². The molecule has 0 saturated carbocycles. The van der Waals surface area contributed by atoms with Crippen molar-refractivity contribution in [3.8, 4) is 0 Å². The molecule has 3 rings (SSSR count). The Balaban J connectivity index is 1.57. The van der Waals surface area contributed by atoms with Crippen molar-refractivity contribution < 1.29 is 4.39 Å². The van der Waals surface area contributed by atoms with Crippen LogP contribution in [-0.4, -0.2) is 41.0 Å². The highest BCUT2D eigenvalue weighted by atomic mass is 19.1. The third-order valence-corrected chi connectivity index (χ3v) is 4.16. The number of aromatic nitrogens is 2. The first-order chi connectivity index (χ1) is 9.74. The highest BCUT2D eigenvalue weighted by Gasteiger charge is 2.18. The summed E-state index contributed by atoms with van der Waals surface area (Å²) in [5, 5.41) is 3.35. The molecule has 2 aromatic rings. The number of benzene rings is 1. The molecule has 0 atom stereocenters. The van der Waals surface area contributed by atoms with Crippen LogP contribution in [-0.2, 0) is 0 Å². The second kappa shape index (κ2) is 5.79. The molecule has 0 spiro atoms. The third kappa shape index (κ3) is 2.93.